The predicted molar refractivity (Wildman–Crippen MR) is 35.8 cm³/mol. The first kappa shape index (κ1) is 10.6. The zero-order valence-corrected chi connectivity index (χ0v) is 6.97. The standard InChI is InChI=1S/C7H5F3O4/c1-3-4(11)13-6(2,7(8,9)10)14-5(3)12/h1H2,2H3. The maximum absolute atomic E-state index is 12.2. The van der Waals surface area contributed by atoms with Gasteiger partial charge in [0.15, 0.2) is 0 Å². The highest BCUT2D eigenvalue weighted by molar-refractivity contribution is 6.14. The molecule has 0 saturated carbocycles. The zero-order chi connectivity index (χ0) is 11.1. The Hall–Kier alpha value is -1.53. The minimum Gasteiger partial charge on any atom is -0.410 e. The van der Waals surface area contributed by atoms with Gasteiger partial charge in [-0.3, -0.25) is 0 Å². The van der Waals surface area contributed by atoms with Gasteiger partial charge in [-0.1, -0.05) is 6.58 Å². The Bertz CT molecular complexity index is 297. The van der Waals surface area contributed by atoms with E-state index in [1.807, 2.05) is 0 Å². The van der Waals surface area contributed by atoms with Crippen molar-refractivity contribution in [2.75, 3.05) is 0 Å². The average molecular weight is 210 g/mol. The molecule has 78 valence electrons. The summed E-state index contributed by atoms with van der Waals surface area (Å²) in [5, 5.41) is 0. The van der Waals surface area contributed by atoms with Gasteiger partial charge in [0.1, 0.15) is 5.57 Å². The molecule has 1 aliphatic heterocycles. The summed E-state index contributed by atoms with van der Waals surface area (Å²) in [6, 6.07) is 0. The summed E-state index contributed by atoms with van der Waals surface area (Å²) in [5.74, 6) is -6.08. The molecule has 1 saturated heterocycles. The first-order valence-electron chi connectivity index (χ1n) is 3.40. The third kappa shape index (κ3) is 1.45. The molecular weight excluding hydrogens is 205 g/mol. The SMILES string of the molecule is C=C1C(=O)OC(C)(C(F)(F)F)OC1=O. The van der Waals surface area contributed by atoms with Crippen LogP contribution in [0.5, 0.6) is 0 Å². The van der Waals surface area contributed by atoms with Crippen molar-refractivity contribution < 1.29 is 32.2 Å². The largest absolute Gasteiger partial charge is 0.467 e. The summed E-state index contributed by atoms with van der Waals surface area (Å²) < 4.78 is 44.5. The number of rotatable bonds is 0. The van der Waals surface area contributed by atoms with E-state index >= 15 is 0 Å². The second kappa shape index (κ2) is 2.73. The monoisotopic (exact) mass is 210 g/mol. The fourth-order valence-electron chi connectivity index (χ4n) is 0.697. The first-order chi connectivity index (χ1) is 6.17. The second-order valence-electron chi connectivity index (χ2n) is 2.70. The summed E-state index contributed by atoms with van der Waals surface area (Å²) in [5.41, 5.74) is -0.758. The number of hydrogen-bond acceptors (Lipinski definition) is 4. The molecule has 1 heterocycles. The molecular formula is C7H5F3O4. The van der Waals surface area contributed by atoms with Gasteiger partial charge in [-0.15, -0.1) is 0 Å². The number of halogens is 3. The fraction of sp³-hybridized carbons (Fsp3) is 0.429. The van der Waals surface area contributed by atoms with Crippen LogP contribution >= 0.6 is 0 Å². The highest BCUT2D eigenvalue weighted by atomic mass is 19.4. The van der Waals surface area contributed by atoms with Crippen LogP contribution in [-0.4, -0.2) is 23.9 Å². The van der Waals surface area contributed by atoms with E-state index in [1.165, 1.54) is 0 Å². The molecule has 4 nitrogen and oxygen atoms in total. The van der Waals surface area contributed by atoms with E-state index in [9.17, 15) is 22.8 Å². The Labute approximate surface area is 76.3 Å². The number of hydrogen-bond donors (Lipinski definition) is 0. The third-order valence-corrected chi connectivity index (χ3v) is 1.58. The van der Waals surface area contributed by atoms with Crippen LogP contribution in [0.15, 0.2) is 12.2 Å². The molecule has 0 spiro atoms. The van der Waals surface area contributed by atoms with Crippen LogP contribution in [0.4, 0.5) is 13.2 Å². The van der Waals surface area contributed by atoms with Crippen molar-refractivity contribution >= 4 is 11.9 Å². The number of carbonyl (C=O) groups excluding carboxylic acids is 2. The highest BCUT2D eigenvalue weighted by Crippen LogP contribution is 2.37. The van der Waals surface area contributed by atoms with Crippen LogP contribution in [0.1, 0.15) is 6.92 Å². The van der Waals surface area contributed by atoms with Gasteiger partial charge in [-0.2, -0.15) is 13.2 Å². The molecule has 0 bridgehead atoms. The summed E-state index contributed by atoms with van der Waals surface area (Å²) in [4.78, 5) is 21.5. The van der Waals surface area contributed by atoms with Crippen LogP contribution in [0.3, 0.4) is 0 Å². The molecule has 1 rings (SSSR count). The van der Waals surface area contributed by atoms with Crippen molar-refractivity contribution in [2.45, 2.75) is 18.9 Å². The molecule has 0 radical (unpaired) electrons. The van der Waals surface area contributed by atoms with E-state index in [-0.39, 0.29) is 0 Å². The van der Waals surface area contributed by atoms with Gasteiger partial charge in [0.25, 0.3) is 0 Å². The second-order valence-corrected chi connectivity index (χ2v) is 2.70. The average Bonchev–Trinajstić information content (AvgIpc) is 1.98. The maximum Gasteiger partial charge on any atom is 0.467 e. The molecule has 0 aromatic rings. The van der Waals surface area contributed by atoms with Gasteiger partial charge >= 0.3 is 23.9 Å². The quantitative estimate of drug-likeness (QED) is 0.339. The van der Waals surface area contributed by atoms with E-state index in [0.717, 1.165) is 0 Å². The maximum atomic E-state index is 12.2. The van der Waals surface area contributed by atoms with Crippen LogP contribution in [0, 0.1) is 0 Å². The van der Waals surface area contributed by atoms with Crippen molar-refractivity contribution in [3.8, 4) is 0 Å². The molecule has 1 aliphatic rings. The Morgan fingerprint density at radius 2 is 1.57 bits per heavy atom. The molecule has 0 atom stereocenters. The topological polar surface area (TPSA) is 52.6 Å². The number of carbonyl (C=O) groups is 2. The Morgan fingerprint density at radius 3 is 1.86 bits per heavy atom. The fourth-order valence-corrected chi connectivity index (χ4v) is 0.697. The molecule has 0 aromatic carbocycles. The summed E-state index contributed by atoms with van der Waals surface area (Å²) >= 11 is 0. The molecule has 0 amide bonds. The molecule has 14 heavy (non-hydrogen) atoms. The lowest BCUT2D eigenvalue weighted by atomic mass is 10.2. The van der Waals surface area contributed by atoms with Gasteiger partial charge < -0.3 is 9.47 Å². The molecule has 0 aliphatic carbocycles. The Balaban J connectivity index is 3.02. The molecule has 7 heteroatoms. The van der Waals surface area contributed by atoms with Crippen LogP contribution in [0.2, 0.25) is 0 Å². The summed E-state index contributed by atoms with van der Waals surface area (Å²) in [6.07, 6.45) is -4.97. The van der Waals surface area contributed by atoms with E-state index in [2.05, 4.69) is 16.1 Å². The first-order valence-corrected chi connectivity index (χ1v) is 3.40. The van der Waals surface area contributed by atoms with Crippen LogP contribution in [-0.2, 0) is 19.1 Å². The van der Waals surface area contributed by atoms with Gasteiger partial charge in [0.05, 0.1) is 0 Å². The van der Waals surface area contributed by atoms with E-state index < -0.39 is 29.5 Å². The lowest BCUT2D eigenvalue weighted by Gasteiger charge is -2.33. The lowest BCUT2D eigenvalue weighted by molar-refractivity contribution is -0.349. The van der Waals surface area contributed by atoms with Crippen molar-refractivity contribution in [3.05, 3.63) is 12.2 Å². The third-order valence-electron chi connectivity index (χ3n) is 1.58. The zero-order valence-electron chi connectivity index (χ0n) is 6.97. The van der Waals surface area contributed by atoms with Crippen LogP contribution < -0.4 is 0 Å². The van der Waals surface area contributed by atoms with E-state index in [1.54, 1.807) is 0 Å². The number of ether oxygens (including phenoxy) is 2. The smallest absolute Gasteiger partial charge is 0.410 e. The number of esters is 2. The van der Waals surface area contributed by atoms with Gasteiger partial charge in [-0.25, -0.2) is 9.59 Å². The van der Waals surface area contributed by atoms with Crippen molar-refractivity contribution in [3.63, 3.8) is 0 Å². The molecule has 0 unspecified atom stereocenters. The molecule has 1 fully saturated rings. The van der Waals surface area contributed by atoms with E-state index in [4.69, 9.17) is 0 Å². The minimum absolute atomic E-state index is 0.440. The predicted octanol–water partition coefficient (Wildman–Crippen LogP) is 0.921. The normalized spacial score (nSPS) is 21.6. The molecule has 0 aromatic heterocycles. The summed E-state index contributed by atoms with van der Waals surface area (Å²) in [7, 11) is 0. The molecule has 0 N–H and O–H groups in total. The lowest BCUT2D eigenvalue weighted by Crippen LogP contribution is -2.54. The van der Waals surface area contributed by atoms with Crippen LogP contribution in [0.25, 0.3) is 0 Å². The summed E-state index contributed by atoms with van der Waals surface area (Å²) in [6.45, 7) is 3.35. The number of alkyl halides is 3. The van der Waals surface area contributed by atoms with Gasteiger partial charge in [-0.05, 0) is 0 Å². The number of cyclic esters (lactones) is 2. The van der Waals surface area contributed by atoms with Crippen molar-refractivity contribution in [1.29, 1.82) is 0 Å². The Kier molecular flexibility index (Phi) is 2.06. The van der Waals surface area contributed by atoms with Gasteiger partial charge in [0.2, 0.25) is 0 Å². The van der Waals surface area contributed by atoms with Gasteiger partial charge in [0, 0.05) is 6.92 Å². The van der Waals surface area contributed by atoms with Crippen molar-refractivity contribution in [1.82, 2.24) is 0 Å². The minimum atomic E-state index is -4.97. The van der Waals surface area contributed by atoms with E-state index in [0.29, 0.717) is 6.92 Å². The highest BCUT2D eigenvalue weighted by Gasteiger charge is 2.61. The Morgan fingerprint density at radius 1 is 1.21 bits per heavy atom. The van der Waals surface area contributed by atoms with Crippen molar-refractivity contribution in [2.24, 2.45) is 0 Å².